The molecule has 0 amide bonds. The van der Waals surface area contributed by atoms with Gasteiger partial charge in [-0.15, -0.1) is 11.3 Å². The first-order valence-electron chi connectivity index (χ1n) is 10.9. The third-order valence-electron chi connectivity index (χ3n) is 5.12. The third kappa shape index (κ3) is 5.56. The molecular weight excluding hydrogens is 436 g/mol. The Morgan fingerprint density at radius 3 is 2.16 bits per heavy atom. The standard InChI is InChI=1S/C26H30N2O2S2/c1-6-30-25(29)21-15-22(18-11-8-7-9-12-18)32-24(21)28-26(31)27-23-19(16(2)3)13-10-14-20(23)17(4)5/h7-17H,6H2,1-5H3,(H2,27,28,31). The van der Waals surface area contributed by atoms with Crippen LogP contribution in [-0.4, -0.2) is 17.7 Å². The van der Waals surface area contributed by atoms with Crippen LogP contribution in [0.5, 0.6) is 0 Å². The number of thiocarbonyl (C=S) groups is 1. The molecule has 0 atom stereocenters. The number of anilines is 2. The van der Waals surface area contributed by atoms with E-state index >= 15 is 0 Å². The molecule has 0 radical (unpaired) electrons. The van der Waals surface area contributed by atoms with Gasteiger partial charge in [-0.25, -0.2) is 4.79 Å². The summed E-state index contributed by atoms with van der Waals surface area (Å²) in [5.41, 5.74) is 4.99. The first-order valence-corrected chi connectivity index (χ1v) is 12.1. The SMILES string of the molecule is CCOC(=O)c1cc(-c2ccccc2)sc1NC(=S)Nc1c(C(C)C)cccc1C(C)C. The highest BCUT2D eigenvalue weighted by Crippen LogP contribution is 2.37. The van der Waals surface area contributed by atoms with E-state index in [9.17, 15) is 4.79 Å². The maximum Gasteiger partial charge on any atom is 0.341 e. The van der Waals surface area contributed by atoms with Crippen molar-refractivity contribution in [1.82, 2.24) is 0 Å². The number of carbonyl (C=O) groups excluding carboxylic acids is 1. The number of para-hydroxylation sites is 1. The predicted octanol–water partition coefficient (Wildman–Crippen LogP) is 7.65. The van der Waals surface area contributed by atoms with Crippen LogP contribution in [0, 0.1) is 0 Å². The van der Waals surface area contributed by atoms with E-state index in [1.165, 1.54) is 22.5 Å². The minimum atomic E-state index is -0.360. The molecule has 0 unspecified atom stereocenters. The van der Waals surface area contributed by atoms with Crippen LogP contribution in [-0.2, 0) is 4.74 Å². The molecule has 32 heavy (non-hydrogen) atoms. The summed E-state index contributed by atoms with van der Waals surface area (Å²) in [4.78, 5) is 13.6. The number of hydrogen-bond acceptors (Lipinski definition) is 4. The van der Waals surface area contributed by atoms with Crippen molar-refractivity contribution in [3.8, 4) is 10.4 Å². The second-order valence-electron chi connectivity index (χ2n) is 8.14. The number of hydrogen-bond donors (Lipinski definition) is 2. The average molecular weight is 467 g/mol. The lowest BCUT2D eigenvalue weighted by molar-refractivity contribution is 0.0528. The average Bonchev–Trinajstić information content (AvgIpc) is 3.18. The molecule has 0 aliphatic carbocycles. The van der Waals surface area contributed by atoms with Crippen molar-refractivity contribution < 1.29 is 9.53 Å². The fraction of sp³-hybridized carbons (Fsp3) is 0.308. The Hall–Kier alpha value is -2.70. The predicted molar refractivity (Wildman–Crippen MR) is 140 cm³/mol. The monoisotopic (exact) mass is 466 g/mol. The van der Waals surface area contributed by atoms with Gasteiger partial charge in [0, 0.05) is 10.6 Å². The first-order chi connectivity index (χ1) is 15.3. The second-order valence-corrected chi connectivity index (χ2v) is 9.60. The van der Waals surface area contributed by atoms with Crippen LogP contribution in [0.4, 0.5) is 10.7 Å². The lowest BCUT2D eigenvalue weighted by Crippen LogP contribution is -2.22. The number of ether oxygens (including phenoxy) is 1. The second kappa shape index (κ2) is 10.7. The molecule has 6 heteroatoms. The number of nitrogens with one attached hydrogen (secondary N) is 2. The highest BCUT2D eigenvalue weighted by atomic mass is 32.1. The molecule has 4 nitrogen and oxygen atoms in total. The summed E-state index contributed by atoms with van der Waals surface area (Å²) in [7, 11) is 0. The van der Waals surface area contributed by atoms with E-state index < -0.39 is 0 Å². The van der Waals surface area contributed by atoms with Crippen LogP contribution < -0.4 is 10.6 Å². The molecule has 0 bridgehead atoms. The van der Waals surface area contributed by atoms with Crippen LogP contribution in [0.3, 0.4) is 0 Å². The number of rotatable bonds is 7. The van der Waals surface area contributed by atoms with Gasteiger partial charge in [0.25, 0.3) is 0 Å². The van der Waals surface area contributed by atoms with Gasteiger partial charge >= 0.3 is 5.97 Å². The van der Waals surface area contributed by atoms with E-state index in [1.807, 2.05) is 36.4 Å². The summed E-state index contributed by atoms with van der Waals surface area (Å²) < 4.78 is 5.28. The van der Waals surface area contributed by atoms with Crippen molar-refractivity contribution >= 4 is 45.3 Å². The van der Waals surface area contributed by atoms with Crippen molar-refractivity contribution in [3.63, 3.8) is 0 Å². The summed E-state index contributed by atoms with van der Waals surface area (Å²) in [5, 5.41) is 7.80. The van der Waals surface area contributed by atoms with Crippen molar-refractivity contribution in [2.45, 2.75) is 46.5 Å². The Kier molecular flexibility index (Phi) is 8.04. The van der Waals surface area contributed by atoms with Gasteiger partial charge in [0.2, 0.25) is 0 Å². The number of carbonyl (C=O) groups is 1. The fourth-order valence-corrected chi connectivity index (χ4v) is 4.86. The molecule has 2 N–H and O–H groups in total. The lowest BCUT2D eigenvalue weighted by atomic mass is 9.93. The minimum absolute atomic E-state index is 0.316. The van der Waals surface area contributed by atoms with E-state index in [0.29, 0.717) is 34.1 Å². The highest BCUT2D eigenvalue weighted by Gasteiger charge is 2.20. The fourth-order valence-electron chi connectivity index (χ4n) is 3.53. The molecule has 0 aliphatic heterocycles. The van der Waals surface area contributed by atoms with Crippen LogP contribution in [0.15, 0.2) is 54.6 Å². The van der Waals surface area contributed by atoms with Crippen LogP contribution in [0.1, 0.15) is 67.9 Å². The topological polar surface area (TPSA) is 50.4 Å². The van der Waals surface area contributed by atoms with E-state index in [0.717, 1.165) is 16.1 Å². The van der Waals surface area contributed by atoms with E-state index in [2.05, 4.69) is 56.5 Å². The van der Waals surface area contributed by atoms with Crippen molar-refractivity contribution in [2.24, 2.45) is 0 Å². The molecule has 168 valence electrons. The Labute approximate surface area is 200 Å². The van der Waals surface area contributed by atoms with Gasteiger partial charge in [-0.2, -0.15) is 0 Å². The van der Waals surface area contributed by atoms with Gasteiger partial charge in [-0.1, -0.05) is 76.2 Å². The summed E-state index contributed by atoms with van der Waals surface area (Å²) in [6.07, 6.45) is 0. The molecule has 2 aromatic carbocycles. The van der Waals surface area contributed by atoms with Gasteiger partial charge in [0.1, 0.15) is 5.00 Å². The quantitative estimate of drug-likeness (QED) is 0.277. The molecular formula is C26H30N2O2S2. The summed E-state index contributed by atoms with van der Waals surface area (Å²) >= 11 is 7.17. The van der Waals surface area contributed by atoms with Gasteiger partial charge in [0.15, 0.2) is 5.11 Å². The zero-order chi connectivity index (χ0) is 23.3. The van der Waals surface area contributed by atoms with E-state index in [1.54, 1.807) is 6.92 Å². The largest absolute Gasteiger partial charge is 0.462 e. The number of thiophene rings is 1. The molecule has 0 fully saturated rings. The number of esters is 1. The van der Waals surface area contributed by atoms with Gasteiger partial charge in [-0.05, 0) is 53.7 Å². The lowest BCUT2D eigenvalue weighted by Gasteiger charge is -2.21. The minimum Gasteiger partial charge on any atom is -0.462 e. The van der Waals surface area contributed by atoms with Crippen LogP contribution in [0.2, 0.25) is 0 Å². The Bertz CT molecular complexity index is 1060. The summed E-state index contributed by atoms with van der Waals surface area (Å²) in [6, 6.07) is 18.2. The first kappa shape index (κ1) is 24.0. The zero-order valence-electron chi connectivity index (χ0n) is 19.2. The Morgan fingerprint density at radius 1 is 0.969 bits per heavy atom. The van der Waals surface area contributed by atoms with Crippen molar-refractivity contribution in [3.05, 3.63) is 71.3 Å². The van der Waals surface area contributed by atoms with E-state index in [4.69, 9.17) is 17.0 Å². The Balaban J connectivity index is 1.93. The molecule has 1 aromatic heterocycles. The maximum absolute atomic E-state index is 12.6. The maximum atomic E-state index is 12.6. The molecule has 3 aromatic rings. The molecule has 0 aliphatic rings. The van der Waals surface area contributed by atoms with Gasteiger partial charge in [0.05, 0.1) is 12.2 Å². The van der Waals surface area contributed by atoms with Gasteiger partial charge in [-0.3, -0.25) is 0 Å². The van der Waals surface area contributed by atoms with Crippen molar-refractivity contribution in [2.75, 3.05) is 17.2 Å². The van der Waals surface area contributed by atoms with Crippen LogP contribution >= 0.6 is 23.6 Å². The molecule has 0 spiro atoms. The van der Waals surface area contributed by atoms with Gasteiger partial charge < -0.3 is 15.4 Å². The van der Waals surface area contributed by atoms with Crippen LogP contribution in [0.25, 0.3) is 10.4 Å². The van der Waals surface area contributed by atoms with E-state index in [-0.39, 0.29) is 5.97 Å². The molecule has 0 saturated heterocycles. The Morgan fingerprint density at radius 2 is 1.59 bits per heavy atom. The highest BCUT2D eigenvalue weighted by molar-refractivity contribution is 7.80. The molecule has 3 rings (SSSR count). The normalized spacial score (nSPS) is 11.0. The third-order valence-corrected chi connectivity index (χ3v) is 6.43. The summed E-state index contributed by atoms with van der Waals surface area (Å²) in [6.45, 7) is 10.8. The van der Waals surface area contributed by atoms with Crippen molar-refractivity contribution in [1.29, 1.82) is 0 Å². The number of benzene rings is 2. The zero-order valence-corrected chi connectivity index (χ0v) is 20.8. The molecule has 1 heterocycles. The molecule has 0 saturated carbocycles. The summed E-state index contributed by atoms with van der Waals surface area (Å²) in [5.74, 6) is 0.336. The smallest absolute Gasteiger partial charge is 0.341 e.